The van der Waals surface area contributed by atoms with Crippen molar-refractivity contribution in [1.82, 2.24) is 0 Å². The first-order valence-corrected chi connectivity index (χ1v) is 12.1. The molecule has 23 heavy (non-hydrogen) atoms. The van der Waals surface area contributed by atoms with E-state index in [9.17, 15) is 9.90 Å². The zero-order valence-electron chi connectivity index (χ0n) is 15.2. The molecule has 3 rings (SSSR count). The van der Waals surface area contributed by atoms with Crippen molar-refractivity contribution in [1.29, 1.82) is 0 Å². The van der Waals surface area contributed by atoms with Gasteiger partial charge in [-0.15, -0.1) is 0 Å². The van der Waals surface area contributed by atoms with Crippen LogP contribution in [0, 0.1) is 17.8 Å². The standard InChI is InChI=1S/C18H32O4Si/c1-18(2,3)23(4,5)22-14-9-6-11-10-15(20)21-17(11)16-12(14)7-8-13(16)19/h11-14,16-17,19H,6-10H2,1-5H3/t11-,12-,13+,14-,16+,17-/m0/s1. The zero-order chi connectivity index (χ0) is 17.0. The summed E-state index contributed by atoms with van der Waals surface area (Å²) < 4.78 is 12.4. The van der Waals surface area contributed by atoms with Crippen molar-refractivity contribution < 1.29 is 19.1 Å². The molecule has 0 bridgehead atoms. The van der Waals surface area contributed by atoms with Crippen LogP contribution < -0.4 is 0 Å². The Balaban J connectivity index is 1.82. The van der Waals surface area contributed by atoms with Crippen molar-refractivity contribution in [3.05, 3.63) is 0 Å². The second-order valence-electron chi connectivity index (χ2n) is 9.30. The van der Waals surface area contributed by atoms with Gasteiger partial charge in [0.05, 0.1) is 12.5 Å². The van der Waals surface area contributed by atoms with Gasteiger partial charge >= 0.3 is 5.97 Å². The van der Waals surface area contributed by atoms with Crippen LogP contribution in [0.2, 0.25) is 18.1 Å². The first kappa shape index (κ1) is 17.4. The van der Waals surface area contributed by atoms with Gasteiger partial charge in [-0.05, 0) is 49.7 Å². The first-order valence-electron chi connectivity index (χ1n) is 9.15. The highest BCUT2D eigenvalue weighted by atomic mass is 28.4. The van der Waals surface area contributed by atoms with E-state index in [0.717, 1.165) is 25.7 Å². The maximum atomic E-state index is 11.7. The molecule has 0 amide bonds. The molecule has 3 fully saturated rings. The van der Waals surface area contributed by atoms with Crippen molar-refractivity contribution >= 4 is 14.3 Å². The van der Waals surface area contributed by atoms with Crippen LogP contribution in [0.3, 0.4) is 0 Å². The van der Waals surface area contributed by atoms with E-state index in [4.69, 9.17) is 9.16 Å². The third-order valence-corrected chi connectivity index (χ3v) is 11.3. The van der Waals surface area contributed by atoms with Crippen LogP contribution in [0.25, 0.3) is 0 Å². The van der Waals surface area contributed by atoms with Gasteiger partial charge in [-0.1, -0.05) is 20.8 Å². The van der Waals surface area contributed by atoms with Gasteiger partial charge in [0.15, 0.2) is 8.32 Å². The van der Waals surface area contributed by atoms with Crippen molar-refractivity contribution in [3.63, 3.8) is 0 Å². The maximum absolute atomic E-state index is 11.7. The minimum Gasteiger partial charge on any atom is -0.462 e. The third-order valence-electron chi connectivity index (χ3n) is 6.83. The molecular formula is C18H32O4Si. The fourth-order valence-electron chi connectivity index (χ4n) is 4.51. The lowest BCUT2D eigenvalue weighted by atomic mass is 9.84. The van der Waals surface area contributed by atoms with E-state index in [0.29, 0.717) is 12.3 Å². The largest absolute Gasteiger partial charge is 0.462 e. The number of hydrogen-bond donors (Lipinski definition) is 1. The average molecular weight is 341 g/mol. The van der Waals surface area contributed by atoms with Crippen molar-refractivity contribution in [2.24, 2.45) is 17.8 Å². The van der Waals surface area contributed by atoms with Crippen LogP contribution in [-0.4, -0.2) is 37.7 Å². The van der Waals surface area contributed by atoms with Crippen molar-refractivity contribution in [2.45, 2.75) is 89.3 Å². The molecule has 2 saturated carbocycles. The summed E-state index contributed by atoms with van der Waals surface area (Å²) >= 11 is 0. The smallest absolute Gasteiger partial charge is 0.306 e. The van der Waals surface area contributed by atoms with Gasteiger partial charge in [0.1, 0.15) is 6.10 Å². The lowest BCUT2D eigenvalue weighted by Gasteiger charge is -2.41. The fourth-order valence-corrected chi connectivity index (χ4v) is 5.91. The molecule has 132 valence electrons. The van der Waals surface area contributed by atoms with E-state index in [1.165, 1.54) is 0 Å². The number of esters is 1. The quantitative estimate of drug-likeness (QED) is 0.617. The fraction of sp³-hybridized carbons (Fsp3) is 0.944. The number of fused-ring (bicyclic) bond motifs is 3. The van der Waals surface area contributed by atoms with Gasteiger partial charge in [-0.25, -0.2) is 0 Å². The Kier molecular flexibility index (Phi) is 4.43. The summed E-state index contributed by atoms with van der Waals surface area (Å²) in [5.74, 6) is 0.598. The molecule has 0 aromatic rings. The second kappa shape index (κ2) is 5.85. The highest BCUT2D eigenvalue weighted by Crippen LogP contribution is 2.50. The maximum Gasteiger partial charge on any atom is 0.306 e. The van der Waals surface area contributed by atoms with Gasteiger partial charge in [0.25, 0.3) is 0 Å². The van der Waals surface area contributed by atoms with Gasteiger partial charge in [0, 0.05) is 17.9 Å². The number of aliphatic hydroxyl groups is 1. The van der Waals surface area contributed by atoms with Gasteiger partial charge < -0.3 is 14.3 Å². The molecule has 3 aliphatic rings. The molecule has 4 nitrogen and oxygen atoms in total. The van der Waals surface area contributed by atoms with Crippen LogP contribution >= 0.6 is 0 Å². The van der Waals surface area contributed by atoms with Crippen molar-refractivity contribution in [2.75, 3.05) is 0 Å². The molecule has 0 aromatic carbocycles. The number of rotatable bonds is 2. The van der Waals surface area contributed by atoms with E-state index in [-0.39, 0.29) is 41.2 Å². The lowest BCUT2D eigenvalue weighted by molar-refractivity contribution is -0.146. The summed E-state index contributed by atoms with van der Waals surface area (Å²) in [4.78, 5) is 11.7. The first-order chi connectivity index (χ1) is 10.6. The molecule has 1 aliphatic heterocycles. The molecule has 1 N–H and O–H groups in total. The number of ether oxygens (including phenoxy) is 1. The third kappa shape index (κ3) is 3.12. The number of hydrogen-bond acceptors (Lipinski definition) is 4. The molecule has 0 unspecified atom stereocenters. The molecule has 5 heteroatoms. The summed E-state index contributed by atoms with van der Waals surface area (Å²) in [7, 11) is -1.84. The van der Waals surface area contributed by atoms with Crippen LogP contribution in [-0.2, 0) is 14.0 Å². The van der Waals surface area contributed by atoms with Crippen LogP contribution in [0.15, 0.2) is 0 Å². The van der Waals surface area contributed by atoms with Crippen LogP contribution in [0.5, 0.6) is 0 Å². The topological polar surface area (TPSA) is 55.8 Å². The Morgan fingerprint density at radius 2 is 1.87 bits per heavy atom. The summed E-state index contributed by atoms with van der Waals surface area (Å²) in [6, 6.07) is 0. The molecule has 0 radical (unpaired) electrons. The minimum atomic E-state index is -1.84. The van der Waals surface area contributed by atoms with E-state index in [1.54, 1.807) is 0 Å². The normalized spacial score (nSPS) is 41.2. The highest BCUT2D eigenvalue weighted by Gasteiger charge is 2.54. The van der Waals surface area contributed by atoms with Crippen LogP contribution in [0.4, 0.5) is 0 Å². The summed E-state index contributed by atoms with van der Waals surface area (Å²) in [6.07, 6.45) is 4.09. The van der Waals surface area contributed by atoms with Crippen LogP contribution in [0.1, 0.15) is 52.9 Å². The van der Waals surface area contributed by atoms with Crippen molar-refractivity contribution in [3.8, 4) is 0 Å². The molecule has 0 aromatic heterocycles. The zero-order valence-corrected chi connectivity index (χ0v) is 16.2. The Bertz CT molecular complexity index is 470. The average Bonchev–Trinajstić information content (AvgIpc) is 2.92. The Morgan fingerprint density at radius 3 is 2.52 bits per heavy atom. The summed E-state index contributed by atoms with van der Waals surface area (Å²) in [5, 5.41) is 10.7. The van der Waals surface area contributed by atoms with E-state index >= 15 is 0 Å². The molecule has 0 spiro atoms. The number of carbonyl (C=O) groups is 1. The highest BCUT2D eigenvalue weighted by molar-refractivity contribution is 6.74. The SMILES string of the molecule is CC(C)(C)[Si](C)(C)O[C@H]1CC[C@H]2CC(=O)O[C@@H]2[C@@H]2[C@H]1CC[C@H]2O. The van der Waals surface area contributed by atoms with Gasteiger partial charge in [0.2, 0.25) is 0 Å². The van der Waals surface area contributed by atoms with E-state index < -0.39 is 8.32 Å². The Labute approximate surface area is 141 Å². The monoisotopic (exact) mass is 340 g/mol. The minimum absolute atomic E-state index is 0.0729. The molecular weight excluding hydrogens is 308 g/mol. The second-order valence-corrected chi connectivity index (χ2v) is 14.1. The molecule has 6 atom stereocenters. The van der Waals surface area contributed by atoms with E-state index in [2.05, 4.69) is 33.9 Å². The van der Waals surface area contributed by atoms with Gasteiger partial charge in [-0.2, -0.15) is 0 Å². The van der Waals surface area contributed by atoms with Gasteiger partial charge in [-0.3, -0.25) is 4.79 Å². The summed E-state index contributed by atoms with van der Waals surface area (Å²) in [5.41, 5.74) is 0. The Hall–Kier alpha value is -0.393. The Morgan fingerprint density at radius 1 is 1.17 bits per heavy atom. The number of aliphatic hydroxyl groups excluding tert-OH is 1. The molecule has 1 heterocycles. The number of carbonyl (C=O) groups excluding carboxylic acids is 1. The summed E-state index contributed by atoms with van der Waals surface area (Å²) in [6.45, 7) is 11.4. The lowest BCUT2D eigenvalue weighted by Crippen LogP contribution is -2.47. The predicted molar refractivity (Wildman–Crippen MR) is 91.5 cm³/mol. The predicted octanol–water partition coefficient (Wildman–Crippen LogP) is 3.49. The molecule has 1 saturated heterocycles. The molecule has 2 aliphatic carbocycles. The van der Waals surface area contributed by atoms with E-state index in [1.807, 2.05) is 0 Å².